The van der Waals surface area contributed by atoms with Crippen LogP contribution in [0.25, 0.3) is 17.0 Å². The Balaban J connectivity index is 2.11. The summed E-state index contributed by atoms with van der Waals surface area (Å²) >= 11 is 6.01. The molecule has 138 valence electrons. The number of benzene rings is 2. The second-order valence-corrected chi connectivity index (χ2v) is 6.37. The molecular formula is C19H16ClN3O4. The number of hydrogen-bond donors (Lipinski definition) is 0. The van der Waals surface area contributed by atoms with Gasteiger partial charge in [0.2, 0.25) is 0 Å². The van der Waals surface area contributed by atoms with Gasteiger partial charge in [0.05, 0.1) is 29.8 Å². The van der Waals surface area contributed by atoms with Crippen molar-refractivity contribution in [1.82, 2.24) is 9.78 Å². The largest absolute Gasteiger partial charge is 0.466 e. The van der Waals surface area contributed by atoms with Crippen LogP contribution in [-0.2, 0) is 16.1 Å². The normalized spacial score (nSPS) is 11.2. The second kappa shape index (κ2) is 7.59. The molecule has 2 aromatic carbocycles. The summed E-state index contributed by atoms with van der Waals surface area (Å²) in [5.74, 6) is -0.506. The van der Waals surface area contributed by atoms with Crippen LogP contribution in [-0.4, -0.2) is 27.8 Å². The van der Waals surface area contributed by atoms with Gasteiger partial charge < -0.3 is 4.74 Å². The highest BCUT2D eigenvalue weighted by Gasteiger charge is 2.15. The molecule has 0 atom stereocenters. The lowest BCUT2D eigenvalue weighted by Gasteiger charge is -2.07. The molecule has 0 spiro atoms. The van der Waals surface area contributed by atoms with E-state index in [-0.39, 0.29) is 5.69 Å². The minimum atomic E-state index is -0.506. The Hall–Kier alpha value is -3.19. The topological polar surface area (TPSA) is 87.3 Å². The van der Waals surface area contributed by atoms with E-state index in [4.69, 9.17) is 11.6 Å². The van der Waals surface area contributed by atoms with E-state index in [1.54, 1.807) is 16.8 Å². The summed E-state index contributed by atoms with van der Waals surface area (Å²) < 4.78 is 6.28. The first-order valence-electron chi connectivity index (χ1n) is 8.05. The van der Waals surface area contributed by atoms with E-state index in [1.807, 2.05) is 19.1 Å². The molecule has 3 aromatic rings. The van der Waals surface area contributed by atoms with Gasteiger partial charge in [0.15, 0.2) is 0 Å². The smallest absolute Gasteiger partial charge is 0.330 e. The summed E-state index contributed by atoms with van der Waals surface area (Å²) in [6, 6.07) is 10.1. The van der Waals surface area contributed by atoms with Gasteiger partial charge in [-0.05, 0) is 42.3 Å². The molecule has 0 amide bonds. The van der Waals surface area contributed by atoms with Crippen molar-refractivity contribution in [1.29, 1.82) is 0 Å². The Morgan fingerprint density at radius 2 is 2.11 bits per heavy atom. The fourth-order valence-corrected chi connectivity index (χ4v) is 2.98. The van der Waals surface area contributed by atoms with Crippen LogP contribution < -0.4 is 0 Å². The van der Waals surface area contributed by atoms with Gasteiger partial charge in [0.1, 0.15) is 0 Å². The van der Waals surface area contributed by atoms with Crippen LogP contribution >= 0.6 is 11.6 Å². The Morgan fingerprint density at radius 1 is 1.33 bits per heavy atom. The highest BCUT2D eigenvalue weighted by atomic mass is 35.5. The number of carbonyl (C=O) groups is 1. The molecule has 7 nitrogen and oxygen atoms in total. The molecule has 0 aliphatic heterocycles. The molecule has 0 unspecified atom stereocenters. The molecule has 8 heteroatoms. The van der Waals surface area contributed by atoms with Gasteiger partial charge in [-0.2, -0.15) is 5.10 Å². The van der Waals surface area contributed by atoms with Gasteiger partial charge >= 0.3 is 5.97 Å². The summed E-state index contributed by atoms with van der Waals surface area (Å²) in [4.78, 5) is 22.1. The minimum absolute atomic E-state index is 0.0278. The van der Waals surface area contributed by atoms with E-state index in [1.165, 1.54) is 31.4 Å². The van der Waals surface area contributed by atoms with E-state index in [0.29, 0.717) is 28.2 Å². The number of aryl methyl sites for hydroxylation is 1. The number of esters is 1. The molecule has 3 rings (SSSR count). The molecule has 0 saturated carbocycles. The fourth-order valence-electron chi connectivity index (χ4n) is 2.76. The third-order valence-electron chi connectivity index (χ3n) is 4.18. The summed E-state index contributed by atoms with van der Waals surface area (Å²) in [7, 11) is 1.29. The van der Waals surface area contributed by atoms with Crippen LogP contribution in [0.4, 0.5) is 5.69 Å². The molecule has 0 aliphatic rings. The number of nitro groups is 1. The number of nitrogens with zero attached hydrogens (tertiary/aromatic N) is 3. The number of rotatable bonds is 5. The van der Waals surface area contributed by atoms with E-state index in [2.05, 4.69) is 9.84 Å². The third-order valence-corrected chi connectivity index (χ3v) is 4.41. The first-order chi connectivity index (χ1) is 12.9. The molecule has 0 bridgehead atoms. The lowest BCUT2D eigenvalue weighted by atomic mass is 10.1. The third kappa shape index (κ3) is 3.98. The average Bonchev–Trinajstić information content (AvgIpc) is 2.99. The van der Waals surface area contributed by atoms with Crippen molar-refractivity contribution in [2.24, 2.45) is 0 Å². The number of halogens is 1. The quantitative estimate of drug-likeness (QED) is 0.285. The van der Waals surface area contributed by atoms with Gasteiger partial charge in [-0.3, -0.25) is 14.8 Å². The van der Waals surface area contributed by atoms with E-state index >= 15 is 0 Å². The highest BCUT2D eigenvalue weighted by Crippen LogP contribution is 2.26. The van der Waals surface area contributed by atoms with E-state index < -0.39 is 10.9 Å². The van der Waals surface area contributed by atoms with Crippen molar-refractivity contribution in [3.05, 3.63) is 74.4 Å². The highest BCUT2D eigenvalue weighted by molar-refractivity contribution is 6.30. The Labute approximate surface area is 160 Å². The van der Waals surface area contributed by atoms with Crippen molar-refractivity contribution in [2.75, 3.05) is 7.11 Å². The average molecular weight is 386 g/mol. The number of methoxy groups -OCH3 is 1. The number of hydrogen-bond acceptors (Lipinski definition) is 5. The zero-order valence-electron chi connectivity index (χ0n) is 14.7. The molecule has 1 heterocycles. The van der Waals surface area contributed by atoms with Crippen LogP contribution in [0.3, 0.4) is 0 Å². The van der Waals surface area contributed by atoms with Gasteiger partial charge in [-0.15, -0.1) is 0 Å². The molecule has 1 aromatic heterocycles. The molecule has 27 heavy (non-hydrogen) atoms. The maximum Gasteiger partial charge on any atom is 0.330 e. The number of fused-ring (bicyclic) bond motifs is 1. The molecular weight excluding hydrogens is 370 g/mol. The summed E-state index contributed by atoms with van der Waals surface area (Å²) in [6.07, 6.45) is 2.80. The Bertz CT molecular complexity index is 1070. The monoisotopic (exact) mass is 385 g/mol. The standard InChI is InChI=1S/C19H16ClN3O4/c1-12-9-14(20)4-3-13(12)11-22-18-10-15(23(25)26)5-6-16(18)17(21-22)7-8-19(24)27-2/h3-10H,11H2,1-2H3/b8-7+. The first-order valence-corrected chi connectivity index (χ1v) is 8.43. The predicted molar refractivity (Wildman–Crippen MR) is 103 cm³/mol. The van der Waals surface area contributed by atoms with Crippen molar-refractivity contribution in [2.45, 2.75) is 13.5 Å². The summed E-state index contributed by atoms with van der Waals surface area (Å²) in [5, 5.41) is 17.0. The van der Waals surface area contributed by atoms with E-state index in [0.717, 1.165) is 11.1 Å². The van der Waals surface area contributed by atoms with Gasteiger partial charge in [-0.1, -0.05) is 17.7 Å². The fraction of sp³-hybridized carbons (Fsp3) is 0.158. The summed E-state index contributed by atoms with van der Waals surface area (Å²) in [6.45, 7) is 2.35. The molecule has 0 saturated heterocycles. The molecule has 0 aliphatic carbocycles. The van der Waals surface area contributed by atoms with Crippen molar-refractivity contribution in [3.63, 3.8) is 0 Å². The maximum atomic E-state index is 11.4. The lowest BCUT2D eigenvalue weighted by Crippen LogP contribution is -2.04. The number of nitro benzene ring substituents is 1. The van der Waals surface area contributed by atoms with Crippen molar-refractivity contribution in [3.8, 4) is 0 Å². The molecule has 0 radical (unpaired) electrons. The zero-order chi connectivity index (χ0) is 19.6. The summed E-state index contributed by atoms with van der Waals surface area (Å²) in [5.41, 5.74) is 3.07. The SMILES string of the molecule is COC(=O)/C=C/c1nn(Cc2ccc(Cl)cc2C)c2cc([N+](=O)[O-])ccc12. The lowest BCUT2D eigenvalue weighted by molar-refractivity contribution is -0.384. The number of non-ortho nitro benzene ring substituents is 1. The maximum absolute atomic E-state index is 11.4. The zero-order valence-corrected chi connectivity index (χ0v) is 15.4. The minimum Gasteiger partial charge on any atom is -0.466 e. The van der Waals surface area contributed by atoms with Crippen LogP contribution in [0, 0.1) is 17.0 Å². The van der Waals surface area contributed by atoms with Crippen LogP contribution in [0.2, 0.25) is 5.02 Å². The predicted octanol–water partition coefficient (Wildman–Crippen LogP) is 4.14. The van der Waals surface area contributed by atoms with Crippen molar-refractivity contribution < 1.29 is 14.5 Å². The molecule has 0 N–H and O–H groups in total. The van der Waals surface area contributed by atoms with Crippen molar-refractivity contribution >= 4 is 40.2 Å². The number of aromatic nitrogens is 2. The van der Waals surface area contributed by atoms with Crippen LogP contribution in [0.1, 0.15) is 16.8 Å². The van der Waals surface area contributed by atoms with Crippen LogP contribution in [0.5, 0.6) is 0 Å². The van der Waals surface area contributed by atoms with Gasteiger partial charge in [-0.25, -0.2) is 4.79 Å². The number of carbonyl (C=O) groups excluding carboxylic acids is 1. The number of ether oxygens (including phenoxy) is 1. The molecule has 0 fully saturated rings. The first kappa shape index (κ1) is 18.6. The van der Waals surface area contributed by atoms with Crippen LogP contribution in [0.15, 0.2) is 42.5 Å². The second-order valence-electron chi connectivity index (χ2n) is 5.93. The Morgan fingerprint density at radius 3 is 2.78 bits per heavy atom. The Kier molecular flexibility index (Phi) is 5.23. The van der Waals surface area contributed by atoms with E-state index in [9.17, 15) is 14.9 Å². The van der Waals surface area contributed by atoms with Gasteiger partial charge in [0.25, 0.3) is 5.69 Å². The van der Waals surface area contributed by atoms with Gasteiger partial charge in [0, 0.05) is 28.6 Å².